The van der Waals surface area contributed by atoms with Crippen LogP contribution in [-0.4, -0.2) is 26.2 Å². The number of nitrogens with zero attached hydrogens (tertiary/aromatic N) is 4. The first-order chi connectivity index (χ1) is 11.7. The van der Waals surface area contributed by atoms with Crippen LogP contribution in [0.15, 0.2) is 53.7 Å². The largest absolute Gasteiger partial charge is 0.288 e. The zero-order valence-corrected chi connectivity index (χ0v) is 13.5. The van der Waals surface area contributed by atoms with Gasteiger partial charge in [-0.25, -0.2) is 4.68 Å². The van der Waals surface area contributed by atoms with Crippen LogP contribution in [0.5, 0.6) is 0 Å². The van der Waals surface area contributed by atoms with E-state index in [4.69, 9.17) is 0 Å². The van der Waals surface area contributed by atoms with Crippen molar-refractivity contribution in [3.8, 4) is 5.69 Å². The van der Waals surface area contributed by atoms with Crippen molar-refractivity contribution in [2.24, 2.45) is 7.05 Å². The predicted molar refractivity (Wildman–Crippen MR) is 90.1 cm³/mol. The number of halogens is 1. The first-order valence-electron chi connectivity index (χ1n) is 7.88. The van der Waals surface area contributed by atoms with Gasteiger partial charge in [0.15, 0.2) is 0 Å². The van der Waals surface area contributed by atoms with E-state index >= 15 is 0 Å². The minimum absolute atomic E-state index is 0.101. The highest BCUT2D eigenvalue weighted by Crippen LogP contribution is 2.14. The van der Waals surface area contributed by atoms with Gasteiger partial charge in [-0.2, -0.15) is 10.2 Å². The molecule has 3 rings (SSSR count). The fourth-order valence-corrected chi connectivity index (χ4v) is 2.65. The molecule has 0 aliphatic carbocycles. The summed E-state index contributed by atoms with van der Waals surface area (Å²) in [6, 6.07) is 9.32. The standard InChI is InChI=1S/C18H19FN4O/c1-22-13-16(12-20-22)23-10-8-18(24)17(21-23)11-15-6-3-2-5-14(15)7-4-9-19/h2-3,5-6,8,10,12-13H,4,7,9,11H2,1H3. The van der Waals surface area contributed by atoms with Crippen molar-refractivity contribution in [3.05, 3.63) is 76.0 Å². The Morgan fingerprint density at radius 1 is 1.17 bits per heavy atom. The third-order valence-electron chi connectivity index (χ3n) is 3.89. The van der Waals surface area contributed by atoms with Gasteiger partial charge in [-0.15, -0.1) is 0 Å². The quantitative estimate of drug-likeness (QED) is 0.699. The second-order valence-electron chi connectivity index (χ2n) is 5.68. The third-order valence-corrected chi connectivity index (χ3v) is 3.89. The summed E-state index contributed by atoms with van der Waals surface area (Å²) in [5, 5.41) is 8.57. The maximum absolute atomic E-state index is 12.5. The summed E-state index contributed by atoms with van der Waals surface area (Å²) < 4.78 is 15.8. The molecular weight excluding hydrogens is 307 g/mol. The van der Waals surface area contributed by atoms with Crippen molar-refractivity contribution in [2.45, 2.75) is 19.3 Å². The van der Waals surface area contributed by atoms with Crippen LogP contribution in [0, 0.1) is 0 Å². The minimum atomic E-state index is -0.342. The van der Waals surface area contributed by atoms with Crippen LogP contribution in [0.25, 0.3) is 5.69 Å². The van der Waals surface area contributed by atoms with Crippen LogP contribution < -0.4 is 5.43 Å². The van der Waals surface area contributed by atoms with Crippen molar-refractivity contribution < 1.29 is 4.39 Å². The van der Waals surface area contributed by atoms with Gasteiger partial charge in [-0.3, -0.25) is 13.9 Å². The van der Waals surface area contributed by atoms with Gasteiger partial charge in [0.25, 0.3) is 0 Å². The molecule has 0 spiro atoms. The van der Waals surface area contributed by atoms with Crippen LogP contribution >= 0.6 is 0 Å². The fraction of sp³-hybridized carbons (Fsp3) is 0.278. The number of aryl methyl sites for hydroxylation is 2. The first-order valence-corrected chi connectivity index (χ1v) is 7.88. The second kappa shape index (κ2) is 7.21. The van der Waals surface area contributed by atoms with Gasteiger partial charge in [-0.1, -0.05) is 24.3 Å². The monoisotopic (exact) mass is 326 g/mol. The number of alkyl halides is 1. The Balaban J connectivity index is 1.92. The van der Waals surface area contributed by atoms with Gasteiger partial charge in [-0.05, 0) is 24.0 Å². The highest BCUT2D eigenvalue weighted by atomic mass is 19.1. The zero-order valence-electron chi connectivity index (χ0n) is 13.5. The Labute approximate surface area is 139 Å². The van der Waals surface area contributed by atoms with Crippen LogP contribution in [-0.2, 0) is 19.9 Å². The Morgan fingerprint density at radius 2 is 1.96 bits per heavy atom. The summed E-state index contributed by atoms with van der Waals surface area (Å²) in [5.41, 5.74) is 3.24. The van der Waals surface area contributed by atoms with Gasteiger partial charge in [0.2, 0.25) is 5.43 Å². The van der Waals surface area contributed by atoms with Crippen molar-refractivity contribution in [1.82, 2.24) is 19.6 Å². The Bertz CT molecular complexity index is 884. The SMILES string of the molecule is Cn1cc(-n2ccc(=O)c(Cc3ccccc3CCCF)n2)cn1. The van der Waals surface area contributed by atoms with Crippen molar-refractivity contribution in [2.75, 3.05) is 6.67 Å². The molecule has 0 atom stereocenters. The lowest BCUT2D eigenvalue weighted by atomic mass is 9.99. The highest BCUT2D eigenvalue weighted by molar-refractivity contribution is 5.31. The first kappa shape index (κ1) is 16.1. The van der Waals surface area contributed by atoms with Gasteiger partial charge in [0.1, 0.15) is 11.4 Å². The molecule has 0 amide bonds. The molecule has 0 saturated heterocycles. The number of benzene rings is 1. The number of hydrogen-bond donors (Lipinski definition) is 0. The molecule has 0 aliphatic heterocycles. The maximum Gasteiger partial charge on any atom is 0.203 e. The molecule has 0 radical (unpaired) electrons. The number of hydrogen-bond acceptors (Lipinski definition) is 3. The average Bonchev–Trinajstić information content (AvgIpc) is 3.02. The summed E-state index contributed by atoms with van der Waals surface area (Å²) >= 11 is 0. The molecule has 1 aromatic carbocycles. The normalized spacial score (nSPS) is 10.9. The maximum atomic E-state index is 12.5. The molecule has 124 valence electrons. The van der Waals surface area contributed by atoms with Gasteiger partial charge >= 0.3 is 0 Å². The summed E-state index contributed by atoms with van der Waals surface area (Å²) in [6.45, 7) is -0.342. The van der Waals surface area contributed by atoms with Gasteiger partial charge in [0.05, 0.1) is 19.1 Å². The molecule has 2 heterocycles. The lowest BCUT2D eigenvalue weighted by molar-refractivity contribution is 0.472. The van der Waals surface area contributed by atoms with Crippen LogP contribution in [0.3, 0.4) is 0 Å². The molecule has 0 bridgehead atoms. The van der Waals surface area contributed by atoms with Gasteiger partial charge in [0, 0.05) is 25.7 Å². The van der Waals surface area contributed by atoms with Crippen molar-refractivity contribution in [1.29, 1.82) is 0 Å². The van der Waals surface area contributed by atoms with E-state index in [0.717, 1.165) is 16.8 Å². The molecule has 5 nitrogen and oxygen atoms in total. The summed E-state index contributed by atoms with van der Waals surface area (Å²) in [4.78, 5) is 12.2. The molecule has 0 unspecified atom stereocenters. The van der Waals surface area contributed by atoms with E-state index in [0.29, 0.717) is 25.0 Å². The molecule has 24 heavy (non-hydrogen) atoms. The van der Waals surface area contributed by atoms with E-state index in [1.807, 2.05) is 37.5 Å². The Kier molecular flexibility index (Phi) is 4.84. The Morgan fingerprint density at radius 3 is 2.67 bits per heavy atom. The zero-order chi connectivity index (χ0) is 16.9. The number of rotatable bonds is 6. The topological polar surface area (TPSA) is 52.7 Å². The highest BCUT2D eigenvalue weighted by Gasteiger charge is 2.09. The van der Waals surface area contributed by atoms with E-state index in [2.05, 4.69) is 10.2 Å². The lowest BCUT2D eigenvalue weighted by Gasteiger charge is -2.09. The molecule has 0 fully saturated rings. The predicted octanol–water partition coefficient (Wildman–Crippen LogP) is 2.46. The molecule has 2 aromatic heterocycles. The molecule has 6 heteroatoms. The summed E-state index contributed by atoms with van der Waals surface area (Å²) in [7, 11) is 1.83. The molecule has 0 aliphatic rings. The third kappa shape index (κ3) is 3.59. The minimum Gasteiger partial charge on any atom is -0.288 e. The van der Waals surface area contributed by atoms with Gasteiger partial charge < -0.3 is 0 Å². The Hall–Kier alpha value is -2.76. The van der Waals surface area contributed by atoms with E-state index in [9.17, 15) is 9.18 Å². The van der Waals surface area contributed by atoms with Crippen molar-refractivity contribution >= 4 is 0 Å². The van der Waals surface area contributed by atoms with Crippen molar-refractivity contribution in [3.63, 3.8) is 0 Å². The van der Waals surface area contributed by atoms with Crippen LogP contribution in [0.4, 0.5) is 4.39 Å². The van der Waals surface area contributed by atoms with E-state index in [-0.39, 0.29) is 12.1 Å². The molecular formula is C18H19FN4O. The number of aromatic nitrogens is 4. The van der Waals surface area contributed by atoms with E-state index in [1.54, 1.807) is 21.8 Å². The molecule has 3 aromatic rings. The van der Waals surface area contributed by atoms with E-state index in [1.165, 1.54) is 6.07 Å². The second-order valence-corrected chi connectivity index (χ2v) is 5.68. The summed E-state index contributed by atoms with van der Waals surface area (Å²) in [5.74, 6) is 0. The van der Waals surface area contributed by atoms with E-state index < -0.39 is 0 Å². The lowest BCUT2D eigenvalue weighted by Crippen LogP contribution is -2.16. The molecule has 0 saturated carbocycles. The van der Waals surface area contributed by atoms with Crippen LogP contribution in [0.2, 0.25) is 0 Å². The fourth-order valence-electron chi connectivity index (χ4n) is 2.65. The smallest absolute Gasteiger partial charge is 0.203 e. The summed E-state index contributed by atoms with van der Waals surface area (Å²) in [6.07, 6.45) is 6.74. The molecule has 0 N–H and O–H groups in total. The average molecular weight is 326 g/mol. The van der Waals surface area contributed by atoms with Crippen LogP contribution in [0.1, 0.15) is 23.2 Å².